The molecule has 0 radical (unpaired) electrons. The summed E-state index contributed by atoms with van der Waals surface area (Å²) in [4.78, 5) is 17.3. The highest BCUT2D eigenvalue weighted by Crippen LogP contribution is 2.37. The Balaban J connectivity index is 2.40. The lowest BCUT2D eigenvalue weighted by Gasteiger charge is -2.15. The molecule has 12 heteroatoms. The van der Waals surface area contributed by atoms with Gasteiger partial charge in [-0.2, -0.15) is 26.3 Å². The van der Waals surface area contributed by atoms with E-state index in [2.05, 4.69) is 5.16 Å². The lowest BCUT2D eigenvalue weighted by molar-refractivity contribution is -0.143. The molecule has 184 valence electrons. The lowest BCUT2D eigenvalue weighted by atomic mass is 10.0. The van der Waals surface area contributed by atoms with Crippen molar-refractivity contribution in [1.82, 2.24) is 0 Å². The minimum atomic E-state index is -4.99. The zero-order valence-corrected chi connectivity index (χ0v) is 18.9. The third kappa shape index (κ3) is 6.92. The van der Waals surface area contributed by atoms with Crippen molar-refractivity contribution in [3.63, 3.8) is 0 Å². The molecule has 0 atom stereocenters. The Bertz CT molecular complexity index is 1050. The van der Waals surface area contributed by atoms with Gasteiger partial charge in [-0.05, 0) is 30.0 Å². The fraction of sp³-hybridized carbons (Fsp3) is 0.273. The number of hydrogen-bond acceptors (Lipinski definition) is 6. The van der Waals surface area contributed by atoms with E-state index < -0.39 is 35.0 Å². The molecule has 0 aliphatic heterocycles. The van der Waals surface area contributed by atoms with Crippen LogP contribution in [0.2, 0.25) is 0 Å². The van der Waals surface area contributed by atoms with E-state index in [9.17, 15) is 31.1 Å². The number of halogens is 6. The highest BCUT2D eigenvalue weighted by Gasteiger charge is 2.37. The summed E-state index contributed by atoms with van der Waals surface area (Å²) in [6.07, 6.45) is -7.38. The highest BCUT2D eigenvalue weighted by molar-refractivity contribution is 8.13. The summed E-state index contributed by atoms with van der Waals surface area (Å²) >= 11 is 0.809. The van der Waals surface area contributed by atoms with E-state index in [1.807, 2.05) is 0 Å². The average Bonchev–Trinajstić information content (AvgIpc) is 2.78. The van der Waals surface area contributed by atoms with Gasteiger partial charge in [0.1, 0.15) is 17.2 Å². The summed E-state index contributed by atoms with van der Waals surface area (Å²) in [5.41, 5.74) is -2.42. The molecule has 0 aliphatic carbocycles. The summed E-state index contributed by atoms with van der Waals surface area (Å²) in [6.45, 7) is -0.247. The van der Waals surface area contributed by atoms with Crippen molar-refractivity contribution in [3.05, 3.63) is 76.5 Å². The molecule has 5 nitrogen and oxygen atoms in total. The summed E-state index contributed by atoms with van der Waals surface area (Å²) in [5, 5.41) is 3.54. The molecule has 0 aromatic heterocycles. The number of benzene rings is 2. The zero-order valence-electron chi connectivity index (χ0n) is 18.1. The van der Waals surface area contributed by atoms with Gasteiger partial charge in [-0.25, -0.2) is 4.79 Å². The minimum Gasteiger partial charge on any atom is -0.503 e. The fourth-order valence-electron chi connectivity index (χ4n) is 2.80. The molecular weight excluding hydrogens is 488 g/mol. The summed E-state index contributed by atoms with van der Waals surface area (Å²) < 4.78 is 88.6. The number of oxime groups is 1. The molecule has 34 heavy (non-hydrogen) atoms. The van der Waals surface area contributed by atoms with Crippen molar-refractivity contribution in [1.29, 1.82) is 0 Å². The van der Waals surface area contributed by atoms with Crippen LogP contribution in [0.1, 0.15) is 27.8 Å². The van der Waals surface area contributed by atoms with E-state index in [0.29, 0.717) is 23.3 Å². The molecule has 0 N–H and O–H groups in total. The normalized spacial score (nSPS) is 13.0. The third-order valence-corrected chi connectivity index (χ3v) is 5.04. The number of hydrogen-bond donors (Lipinski definition) is 0. The SMILES string of the molecule is CO/C=C(/C(=O)OC)c1ccccc1CO/N=C(\SC)c1cc(C(F)(F)F)cc(C(F)(F)F)c1. The predicted molar refractivity (Wildman–Crippen MR) is 115 cm³/mol. The number of esters is 1. The van der Waals surface area contributed by atoms with E-state index in [0.717, 1.165) is 11.8 Å². The zero-order chi connectivity index (χ0) is 25.5. The van der Waals surface area contributed by atoms with Crippen LogP contribution in [0.5, 0.6) is 0 Å². The first-order chi connectivity index (χ1) is 15.9. The maximum Gasteiger partial charge on any atom is 0.416 e. The van der Waals surface area contributed by atoms with E-state index in [4.69, 9.17) is 14.3 Å². The van der Waals surface area contributed by atoms with Crippen LogP contribution in [0.4, 0.5) is 26.3 Å². The van der Waals surface area contributed by atoms with Gasteiger partial charge in [-0.1, -0.05) is 29.4 Å². The van der Waals surface area contributed by atoms with Gasteiger partial charge >= 0.3 is 18.3 Å². The van der Waals surface area contributed by atoms with E-state index >= 15 is 0 Å². The van der Waals surface area contributed by atoms with Crippen LogP contribution in [-0.4, -0.2) is 31.5 Å². The maximum absolute atomic E-state index is 13.2. The van der Waals surface area contributed by atoms with Gasteiger partial charge in [0, 0.05) is 11.1 Å². The van der Waals surface area contributed by atoms with Crippen LogP contribution in [0.15, 0.2) is 53.9 Å². The highest BCUT2D eigenvalue weighted by atomic mass is 32.2. The fourth-order valence-corrected chi connectivity index (χ4v) is 3.29. The number of rotatable bonds is 7. The van der Waals surface area contributed by atoms with Crippen molar-refractivity contribution >= 4 is 28.3 Å². The molecule has 0 bridgehead atoms. The Morgan fingerprint density at radius 1 is 1.00 bits per heavy atom. The number of alkyl halides is 6. The molecule has 2 aromatic carbocycles. The van der Waals surface area contributed by atoms with Crippen molar-refractivity contribution in [2.45, 2.75) is 19.0 Å². The van der Waals surface area contributed by atoms with Crippen molar-refractivity contribution in [3.8, 4) is 0 Å². The van der Waals surface area contributed by atoms with Crippen LogP contribution in [0, 0.1) is 0 Å². The Morgan fingerprint density at radius 3 is 2.09 bits per heavy atom. The van der Waals surface area contributed by atoms with E-state index in [1.165, 1.54) is 26.7 Å². The van der Waals surface area contributed by atoms with Gasteiger partial charge in [-0.15, -0.1) is 11.8 Å². The molecule has 0 saturated carbocycles. The van der Waals surface area contributed by atoms with Gasteiger partial charge in [0.15, 0.2) is 0 Å². The maximum atomic E-state index is 13.2. The molecule has 0 spiro atoms. The Hall–Kier alpha value is -3.15. The minimum absolute atomic E-state index is 0.0367. The van der Waals surface area contributed by atoms with Gasteiger partial charge in [0.25, 0.3) is 0 Å². The molecule has 2 rings (SSSR count). The van der Waals surface area contributed by atoms with Gasteiger partial charge in [0.05, 0.1) is 31.6 Å². The number of methoxy groups -OCH3 is 2. The molecular formula is C22H19F6NO4S. The van der Waals surface area contributed by atoms with Crippen molar-refractivity contribution < 1.29 is 45.4 Å². The van der Waals surface area contributed by atoms with Crippen LogP contribution < -0.4 is 0 Å². The smallest absolute Gasteiger partial charge is 0.416 e. The lowest BCUT2D eigenvalue weighted by Crippen LogP contribution is -2.13. The van der Waals surface area contributed by atoms with Crippen LogP contribution >= 0.6 is 11.8 Å². The van der Waals surface area contributed by atoms with Gasteiger partial charge < -0.3 is 14.3 Å². The molecule has 0 fully saturated rings. The predicted octanol–water partition coefficient (Wildman–Crippen LogP) is 6.13. The second-order valence-electron chi connectivity index (χ2n) is 6.58. The van der Waals surface area contributed by atoms with Gasteiger partial charge in [-0.3, -0.25) is 0 Å². The number of carbonyl (C=O) groups is 1. The first-order valence-electron chi connectivity index (χ1n) is 9.35. The molecule has 2 aromatic rings. The van der Waals surface area contributed by atoms with Crippen LogP contribution in [-0.2, 0) is 38.1 Å². The Morgan fingerprint density at radius 2 is 1.59 bits per heavy atom. The molecule has 0 aliphatic rings. The largest absolute Gasteiger partial charge is 0.503 e. The molecule has 0 heterocycles. The third-order valence-electron chi connectivity index (χ3n) is 4.34. The second kappa shape index (κ2) is 11.3. The number of thioether (sulfide) groups is 1. The number of carbonyl (C=O) groups excluding carboxylic acids is 1. The van der Waals surface area contributed by atoms with E-state index in [-0.39, 0.29) is 23.3 Å². The second-order valence-corrected chi connectivity index (χ2v) is 7.38. The monoisotopic (exact) mass is 507 g/mol. The van der Waals surface area contributed by atoms with Crippen LogP contribution in [0.3, 0.4) is 0 Å². The number of nitrogens with zero attached hydrogens (tertiary/aromatic N) is 1. The van der Waals surface area contributed by atoms with Crippen LogP contribution in [0.25, 0.3) is 5.57 Å². The number of ether oxygens (including phenoxy) is 2. The van der Waals surface area contributed by atoms with Gasteiger partial charge in [0.2, 0.25) is 0 Å². The topological polar surface area (TPSA) is 57.1 Å². The summed E-state index contributed by atoms with van der Waals surface area (Å²) in [5.74, 6) is -0.689. The first kappa shape index (κ1) is 27.1. The molecule has 0 amide bonds. The first-order valence-corrected chi connectivity index (χ1v) is 10.6. The van der Waals surface area contributed by atoms with Crippen molar-refractivity contribution in [2.24, 2.45) is 5.16 Å². The summed E-state index contributed by atoms with van der Waals surface area (Å²) in [6, 6.07) is 7.64. The van der Waals surface area contributed by atoms with Crippen molar-refractivity contribution in [2.75, 3.05) is 20.5 Å². The molecule has 0 unspecified atom stereocenters. The average molecular weight is 507 g/mol. The van der Waals surface area contributed by atoms with E-state index in [1.54, 1.807) is 24.3 Å². The quantitative estimate of drug-likeness (QED) is 0.0859. The Labute approximate surface area is 195 Å². The summed E-state index contributed by atoms with van der Waals surface area (Å²) in [7, 11) is 2.52. The standard InChI is InChI=1S/C22H19F6NO4S/c1-31-12-18(20(30)32-2)17-7-5-4-6-13(17)11-33-29-19(34-3)14-8-15(21(23,24)25)10-16(9-14)22(26,27)28/h4-10,12H,11H2,1-3H3/b18-12+,29-19-. The Kier molecular flexibility index (Phi) is 9.02. The molecule has 0 saturated heterocycles.